The van der Waals surface area contributed by atoms with Gasteiger partial charge in [0.25, 0.3) is 5.91 Å². The van der Waals surface area contributed by atoms with Crippen LogP contribution in [-0.4, -0.2) is 30.3 Å². The second-order valence-corrected chi connectivity index (χ2v) is 6.38. The Balaban J connectivity index is 1.73. The smallest absolute Gasteiger partial charge is 0.261 e. The molecule has 1 aromatic carbocycles. The Morgan fingerprint density at radius 3 is 2.57 bits per heavy atom. The molecule has 2 amide bonds. The molecular weight excluding hydrogens is 308 g/mol. The molecule has 2 aromatic rings. The quantitative estimate of drug-likeness (QED) is 0.790. The van der Waals surface area contributed by atoms with Crippen molar-refractivity contribution in [1.29, 1.82) is 0 Å². The van der Waals surface area contributed by atoms with Crippen molar-refractivity contribution in [3.05, 3.63) is 58.3 Å². The van der Waals surface area contributed by atoms with E-state index in [1.54, 1.807) is 11.0 Å². The average molecular weight is 330 g/mol. The number of nitrogens with one attached hydrogen (secondary N) is 1. The Hall–Kier alpha value is -2.14. The van der Waals surface area contributed by atoms with Gasteiger partial charge >= 0.3 is 0 Å². The maximum absolute atomic E-state index is 12.2. The van der Waals surface area contributed by atoms with Gasteiger partial charge in [-0.3, -0.25) is 9.59 Å². The largest absolute Gasteiger partial charge is 0.351 e. The number of carbonyl (C=O) groups is 2. The van der Waals surface area contributed by atoms with E-state index in [1.807, 2.05) is 55.7 Å². The fraction of sp³-hybridized carbons (Fsp3) is 0.333. The van der Waals surface area contributed by atoms with Gasteiger partial charge in [-0.15, -0.1) is 11.3 Å². The van der Waals surface area contributed by atoms with Crippen molar-refractivity contribution in [3.8, 4) is 0 Å². The Labute approximate surface area is 141 Å². The molecule has 0 spiro atoms. The lowest BCUT2D eigenvalue weighted by molar-refractivity contribution is -0.131. The number of hydrogen-bond donors (Lipinski definition) is 1. The van der Waals surface area contributed by atoms with Gasteiger partial charge < -0.3 is 10.2 Å². The minimum Gasteiger partial charge on any atom is -0.351 e. The van der Waals surface area contributed by atoms with Gasteiger partial charge in [-0.2, -0.15) is 0 Å². The number of carbonyl (C=O) groups excluding carboxylic acids is 2. The summed E-state index contributed by atoms with van der Waals surface area (Å²) in [5, 5.41) is 4.71. The molecule has 1 aromatic heterocycles. The van der Waals surface area contributed by atoms with E-state index in [0.717, 1.165) is 5.56 Å². The summed E-state index contributed by atoms with van der Waals surface area (Å²) in [6, 6.07) is 13.7. The lowest BCUT2D eigenvalue weighted by Crippen LogP contribution is -2.30. The van der Waals surface area contributed by atoms with Gasteiger partial charge in [-0.1, -0.05) is 36.4 Å². The molecular formula is C18H22N2O2S. The Bertz CT molecular complexity index is 626. The highest BCUT2D eigenvalue weighted by Gasteiger charge is 2.16. The van der Waals surface area contributed by atoms with Gasteiger partial charge in [0.2, 0.25) is 5.91 Å². The molecule has 0 aliphatic heterocycles. The topological polar surface area (TPSA) is 49.4 Å². The molecule has 4 nitrogen and oxygen atoms in total. The van der Waals surface area contributed by atoms with Gasteiger partial charge in [0.15, 0.2) is 0 Å². The third-order valence-corrected chi connectivity index (χ3v) is 4.72. The summed E-state index contributed by atoms with van der Waals surface area (Å²) in [6.45, 7) is 2.53. The Morgan fingerprint density at radius 1 is 1.17 bits per heavy atom. The number of hydrogen-bond acceptors (Lipinski definition) is 3. The first-order chi connectivity index (χ1) is 11.1. The minimum atomic E-state index is -0.0709. The zero-order valence-electron chi connectivity index (χ0n) is 13.5. The molecule has 0 saturated heterocycles. The summed E-state index contributed by atoms with van der Waals surface area (Å²) >= 11 is 1.41. The molecule has 2 rings (SSSR count). The minimum absolute atomic E-state index is 0.0457. The SMILES string of the molecule is CC(c1ccccc1)N(C)C(=O)CCCNC(=O)c1cccs1. The summed E-state index contributed by atoms with van der Waals surface area (Å²) in [6.07, 6.45) is 1.07. The first-order valence-corrected chi connectivity index (χ1v) is 8.60. The van der Waals surface area contributed by atoms with Crippen LogP contribution in [0, 0.1) is 0 Å². The van der Waals surface area contributed by atoms with Crippen molar-refractivity contribution in [2.75, 3.05) is 13.6 Å². The number of benzene rings is 1. The Morgan fingerprint density at radius 2 is 1.91 bits per heavy atom. The van der Waals surface area contributed by atoms with Crippen LogP contribution in [0.4, 0.5) is 0 Å². The van der Waals surface area contributed by atoms with Crippen LogP contribution < -0.4 is 5.32 Å². The maximum atomic E-state index is 12.2. The average Bonchev–Trinajstić information content (AvgIpc) is 3.12. The van der Waals surface area contributed by atoms with Gasteiger partial charge in [-0.05, 0) is 30.4 Å². The van der Waals surface area contributed by atoms with Gasteiger partial charge in [0, 0.05) is 20.0 Å². The van der Waals surface area contributed by atoms with Crippen LogP contribution in [0.1, 0.15) is 41.0 Å². The van der Waals surface area contributed by atoms with Crippen molar-refractivity contribution in [2.24, 2.45) is 0 Å². The van der Waals surface area contributed by atoms with Crippen molar-refractivity contribution in [1.82, 2.24) is 10.2 Å². The predicted molar refractivity (Wildman–Crippen MR) is 93.5 cm³/mol. The summed E-state index contributed by atoms with van der Waals surface area (Å²) in [4.78, 5) is 26.5. The summed E-state index contributed by atoms with van der Waals surface area (Å²) in [5.41, 5.74) is 1.12. The molecule has 0 radical (unpaired) electrons. The molecule has 0 fully saturated rings. The normalized spacial score (nSPS) is 11.7. The zero-order valence-corrected chi connectivity index (χ0v) is 14.3. The number of amides is 2. The Kier molecular flexibility index (Phi) is 6.35. The third kappa shape index (κ3) is 4.93. The van der Waals surface area contributed by atoms with Crippen LogP contribution in [0.15, 0.2) is 47.8 Å². The van der Waals surface area contributed by atoms with E-state index in [-0.39, 0.29) is 17.9 Å². The highest BCUT2D eigenvalue weighted by molar-refractivity contribution is 7.12. The second-order valence-electron chi connectivity index (χ2n) is 5.43. The molecule has 1 N–H and O–H groups in total. The highest BCUT2D eigenvalue weighted by Crippen LogP contribution is 2.19. The van der Waals surface area contributed by atoms with Crippen LogP contribution in [0.5, 0.6) is 0 Å². The third-order valence-electron chi connectivity index (χ3n) is 3.85. The first-order valence-electron chi connectivity index (χ1n) is 7.72. The molecule has 5 heteroatoms. The first kappa shape index (κ1) is 17.2. The van der Waals surface area contributed by atoms with Crippen molar-refractivity contribution < 1.29 is 9.59 Å². The van der Waals surface area contributed by atoms with E-state index >= 15 is 0 Å². The zero-order chi connectivity index (χ0) is 16.7. The molecule has 0 aliphatic carbocycles. The molecule has 23 heavy (non-hydrogen) atoms. The van der Waals surface area contributed by atoms with E-state index in [9.17, 15) is 9.59 Å². The molecule has 122 valence electrons. The highest BCUT2D eigenvalue weighted by atomic mass is 32.1. The maximum Gasteiger partial charge on any atom is 0.261 e. The van der Waals surface area contributed by atoms with E-state index < -0.39 is 0 Å². The second kappa shape index (κ2) is 8.48. The number of rotatable bonds is 7. The lowest BCUT2D eigenvalue weighted by Gasteiger charge is -2.25. The molecule has 0 bridgehead atoms. The summed E-state index contributed by atoms with van der Waals surface area (Å²) < 4.78 is 0. The molecule has 1 heterocycles. The molecule has 0 aliphatic rings. The van der Waals surface area contributed by atoms with Crippen LogP contribution in [0.25, 0.3) is 0 Å². The van der Waals surface area contributed by atoms with Crippen molar-refractivity contribution in [2.45, 2.75) is 25.8 Å². The number of thiophene rings is 1. The van der Waals surface area contributed by atoms with Crippen molar-refractivity contribution >= 4 is 23.2 Å². The fourth-order valence-electron chi connectivity index (χ4n) is 2.28. The van der Waals surface area contributed by atoms with Gasteiger partial charge in [-0.25, -0.2) is 0 Å². The monoisotopic (exact) mass is 330 g/mol. The van der Waals surface area contributed by atoms with Crippen LogP contribution >= 0.6 is 11.3 Å². The van der Waals surface area contributed by atoms with E-state index in [1.165, 1.54) is 11.3 Å². The van der Waals surface area contributed by atoms with Crippen LogP contribution in [0.3, 0.4) is 0 Å². The van der Waals surface area contributed by atoms with Gasteiger partial charge in [0.1, 0.15) is 0 Å². The predicted octanol–water partition coefficient (Wildman–Crippen LogP) is 3.48. The standard InChI is InChI=1S/C18H22N2O2S/c1-14(15-8-4-3-5-9-15)20(2)17(21)11-6-12-19-18(22)16-10-7-13-23-16/h3-5,7-10,13-14H,6,11-12H2,1-2H3,(H,19,22). The van der Waals surface area contributed by atoms with Crippen LogP contribution in [-0.2, 0) is 4.79 Å². The molecule has 1 atom stereocenters. The number of nitrogens with zero attached hydrogens (tertiary/aromatic N) is 1. The van der Waals surface area contributed by atoms with Crippen LogP contribution in [0.2, 0.25) is 0 Å². The molecule has 0 saturated carbocycles. The van der Waals surface area contributed by atoms with Crippen molar-refractivity contribution in [3.63, 3.8) is 0 Å². The van der Waals surface area contributed by atoms with E-state index in [2.05, 4.69) is 5.32 Å². The van der Waals surface area contributed by atoms with E-state index in [4.69, 9.17) is 0 Å². The molecule has 1 unspecified atom stereocenters. The lowest BCUT2D eigenvalue weighted by atomic mass is 10.1. The fourth-order valence-corrected chi connectivity index (χ4v) is 2.92. The van der Waals surface area contributed by atoms with Gasteiger partial charge in [0.05, 0.1) is 10.9 Å². The van der Waals surface area contributed by atoms with E-state index in [0.29, 0.717) is 24.3 Å². The summed E-state index contributed by atoms with van der Waals surface area (Å²) in [7, 11) is 1.82. The summed E-state index contributed by atoms with van der Waals surface area (Å²) in [5.74, 6) is 0.0187.